The van der Waals surface area contributed by atoms with E-state index in [1.165, 1.54) is 0 Å². The lowest BCUT2D eigenvalue weighted by Crippen LogP contribution is -2.49. The molecule has 0 aromatic carbocycles. The summed E-state index contributed by atoms with van der Waals surface area (Å²) in [5.41, 5.74) is -0.812. The molecule has 2 heteroatoms. The molecule has 2 rings (SSSR count). The van der Waals surface area contributed by atoms with Crippen molar-refractivity contribution in [2.75, 3.05) is 0 Å². The highest BCUT2D eigenvalue weighted by atomic mass is 16.2. The van der Waals surface area contributed by atoms with Crippen molar-refractivity contribution in [1.82, 2.24) is 0 Å². The molecule has 2 aliphatic rings. The van der Waals surface area contributed by atoms with E-state index in [1.807, 2.05) is 0 Å². The number of allylic oxidation sites excluding steroid dienone is 4. The quantitative estimate of drug-likeness (QED) is 0.568. The van der Waals surface area contributed by atoms with Crippen molar-refractivity contribution in [1.29, 1.82) is 0 Å². The second kappa shape index (κ2) is 5.85. The molecule has 0 saturated heterocycles. The molecule has 2 atom stereocenters. The minimum absolute atomic E-state index is 0.0492. The Morgan fingerprint density at radius 2 is 1.32 bits per heavy atom. The zero-order valence-electron chi connectivity index (χ0n) is 12.0. The van der Waals surface area contributed by atoms with Crippen LogP contribution in [0, 0.1) is 17.3 Å². The fourth-order valence-corrected chi connectivity index (χ4v) is 3.95. The minimum atomic E-state index is -0.812. The first-order chi connectivity index (χ1) is 9.10. The van der Waals surface area contributed by atoms with Gasteiger partial charge in [0.1, 0.15) is 11.6 Å². The molecule has 0 heterocycles. The predicted octanol–water partition coefficient (Wildman–Crippen LogP) is 3.86. The van der Waals surface area contributed by atoms with Crippen LogP contribution >= 0.6 is 0 Å². The van der Waals surface area contributed by atoms with Gasteiger partial charge >= 0.3 is 0 Å². The van der Waals surface area contributed by atoms with Crippen LogP contribution in [0.3, 0.4) is 0 Å². The lowest BCUT2D eigenvalue weighted by atomic mass is 9.58. The monoisotopic (exact) mass is 260 g/mol. The summed E-state index contributed by atoms with van der Waals surface area (Å²) in [7, 11) is 0. The molecule has 0 amide bonds. The zero-order chi connectivity index (χ0) is 13.9. The standard InChI is InChI=1S/C17H24O2/c1-13(18)17(14(2)19,15-9-5-3-6-10-15)16-11-7-4-8-12-16/h5,7,9,11,15-16H,3-4,6,8,10,12H2,1-2H3. The number of carbonyl (C=O) groups excluding carboxylic acids is 2. The van der Waals surface area contributed by atoms with Crippen molar-refractivity contribution in [3.8, 4) is 0 Å². The van der Waals surface area contributed by atoms with Crippen molar-refractivity contribution in [2.45, 2.75) is 52.4 Å². The van der Waals surface area contributed by atoms with Crippen molar-refractivity contribution < 1.29 is 9.59 Å². The largest absolute Gasteiger partial charge is 0.299 e. The molecule has 2 aliphatic carbocycles. The summed E-state index contributed by atoms with van der Waals surface area (Å²) in [6.45, 7) is 3.21. The van der Waals surface area contributed by atoms with Crippen LogP contribution in [0.15, 0.2) is 24.3 Å². The van der Waals surface area contributed by atoms with Gasteiger partial charge in [-0.05, 0) is 64.2 Å². The summed E-state index contributed by atoms with van der Waals surface area (Å²) in [5, 5.41) is 0. The highest BCUT2D eigenvalue weighted by molar-refractivity contribution is 6.06. The molecule has 19 heavy (non-hydrogen) atoms. The maximum Gasteiger partial charge on any atom is 0.144 e. The molecule has 104 valence electrons. The molecule has 0 N–H and O–H groups in total. The van der Waals surface area contributed by atoms with Gasteiger partial charge in [0.25, 0.3) is 0 Å². The van der Waals surface area contributed by atoms with E-state index in [0.717, 1.165) is 38.5 Å². The van der Waals surface area contributed by atoms with E-state index in [2.05, 4.69) is 24.3 Å². The molecule has 2 nitrogen and oxygen atoms in total. The molecular weight excluding hydrogens is 236 g/mol. The Balaban J connectivity index is 2.46. The second-order valence-electron chi connectivity index (χ2n) is 5.91. The van der Waals surface area contributed by atoms with Crippen LogP contribution in [0.2, 0.25) is 0 Å². The van der Waals surface area contributed by atoms with E-state index in [4.69, 9.17) is 0 Å². The third-order valence-corrected chi connectivity index (χ3v) is 4.84. The van der Waals surface area contributed by atoms with Crippen LogP contribution in [0.1, 0.15) is 52.4 Å². The zero-order valence-corrected chi connectivity index (χ0v) is 12.0. The predicted molar refractivity (Wildman–Crippen MR) is 76.8 cm³/mol. The van der Waals surface area contributed by atoms with E-state index in [0.29, 0.717) is 0 Å². The topological polar surface area (TPSA) is 34.1 Å². The van der Waals surface area contributed by atoms with Gasteiger partial charge in [-0.25, -0.2) is 0 Å². The lowest BCUT2D eigenvalue weighted by Gasteiger charge is -2.42. The van der Waals surface area contributed by atoms with Crippen LogP contribution in [-0.4, -0.2) is 11.6 Å². The van der Waals surface area contributed by atoms with E-state index in [-0.39, 0.29) is 23.4 Å². The van der Waals surface area contributed by atoms with Crippen molar-refractivity contribution in [2.24, 2.45) is 17.3 Å². The first-order valence-electron chi connectivity index (χ1n) is 7.45. The minimum Gasteiger partial charge on any atom is -0.299 e. The van der Waals surface area contributed by atoms with Gasteiger partial charge in [0, 0.05) is 0 Å². The number of hydrogen-bond acceptors (Lipinski definition) is 2. The average molecular weight is 260 g/mol. The average Bonchev–Trinajstić information content (AvgIpc) is 2.41. The van der Waals surface area contributed by atoms with Crippen molar-refractivity contribution in [3.05, 3.63) is 24.3 Å². The van der Waals surface area contributed by atoms with E-state index >= 15 is 0 Å². The fraction of sp³-hybridized carbons (Fsp3) is 0.647. The first kappa shape index (κ1) is 14.2. The third kappa shape index (κ3) is 2.45. The number of rotatable bonds is 4. The third-order valence-electron chi connectivity index (χ3n) is 4.84. The Bertz CT molecular complexity index is 377. The SMILES string of the molecule is CC(=O)C(C(C)=O)(C1C=CCCC1)C1C=CCCC1. The van der Waals surface area contributed by atoms with Gasteiger partial charge in [-0.15, -0.1) is 0 Å². The maximum atomic E-state index is 12.4. The normalized spacial score (nSPS) is 27.3. The molecule has 0 aliphatic heterocycles. The molecule has 0 aromatic heterocycles. The smallest absolute Gasteiger partial charge is 0.144 e. The summed E-state index contributed by atoms with van der Waals surface area (Å²) in [6.07, 6.45) is 14.7. The van der Waals surface area contributed by atoms with Gasteiger partial charge in [0.2, 0.25) is 0 Å². The lowest BCUT2D eigenvalue weighted by molar-refractivity contribution is -0.145. The Labute approximate surface area is 116 Å². The Hall–Kier alpha value is -1.18. The fourth-order valence-electron chi connectivity index (χ4n) is 3.95. The van der Waals surface area contributed by atoms with Gasteiger partial charge in [-0.3, -0.25) is 9.59 Å². The first-order valence-corrected chi connectivity index (χ1v) is 7.45. The van der Waals surface area contributed by atoms with E-state index in [9.17, 15) is 9.59 Å². The number of carbonyl (C=O) groups is 2. The molecule has 0 saturated carbocycles. The molecule has 0 radical (unpaired) electrons. The molecule has 0 fully saturated rings. The summed E-state index contributed by atoms with van der Waals surface area (Å²) in [6, 6.07) is 0. The van der Waals surface area contributed by atoms with Crippen LogP contribution < -0.4 is 0 Å². The molecular formula is C17H24O2. The van der Waals surface area contributed by atoms with Gasteiger partial charge in [-0.2, -0.15) is 0 Å². The van der Waals surface area contributed by atoms with Gasteiger partial charge in [-0.1, -0.05) is 24.3 Å². The van der Waals surface area contributed by atoms with Gasteiger partial charge < -0.3 is 0 Å². The molecule has 0 aromatic rings. The van der Waals surface area contributed by atoms with E-state index in [1.54, 1.807) is 13.8 Å². The summed E-state index contributed by atoms with van der Waals surface area (Å²) in [5.74, 6) is 0.272. The van der Waals surface area contributed by atoms with Crippen molar-refractivity contribution >= 4 is 11.6 Å². The number of ketones is 2. The highest BCUT2D eigenvalue weighted by Crippen LogP contribution is 2.46. The van der Waals surface area contributed by atoms with Crippen LogP contribution in [-0.2, 0) is 9.59 Å². The summed E-state index contributed by atoms with van der Waals surface area (Å²) < 4.78 is 0. The number of hydrogen-bond donors (Lipinski definition) is 0. The Kier molecular flexibility index (Phi) is 4.38. The van der Waals surface area contributed by atoms with Gasteiger partial charge in [0.05, 0.1) is 5.41 Å². The van der Waals surface area contributed by atoms with Crippen LogP contribution in [0.5, 0.6) is 0 Å². The Morgan fingerprint density at radius 3 is 1.58 bits per heavy atom. The molecule has 2 unspecified atom stereocenters. The highest BCUT2D eigenvalue weighted by Gasteiger charge is 2.51. The van der Waals surface area contributed by atoms with Gasteiger partial charge in [0.15, 0.2) is 0 Å². The number of Topliss-reactive ketones (excluding diaryl/α,β-unsaturated/α-hetero) is 2. The van der Waals surface area contributed by atoms with Crippen LogP contribution in [0.25, 0.3) is 0 Å². The summed E-state index contributed by atoms with van der Waals surface area (Å²) >= 11 is 0. The van der Waals surface area contributed by atoms with Crippen molar-refractivity contribution in [3.63, 3.8) is 0 Å². The Morgan fingerprint density at radius 1 is 0.895 bits per heavy atom. The van der Waals surface area contributed by atoms with Crippen LogP contribution in [0.4, 0.5) is 0 Å². The molecule has 0 spiro atoms. The second-order valence-corrected chi connectivity index (χ2v) is 5.91. The van der Waals surface area contributed by atoms with E-state index < -0.39 is 5.41 Å². The molecule has 0 bridgehead atoms. The summed E-state index contributed by atoms with van der Waals surface area (Å²) in [4.78, 5) is 24.8. The maximum absolute atomic E-state index is 12.4.